The van der Waals surface area contributed by atoms with Gasteiger partial charge in [-0.15, -0.1) is 0 Å². The summed E-state index contributed by atoms with van der Waals surface area (Å²) in [5.74, 6) is 0.246. The molecule has 4 atom stereocenters. The second kappa shape index (κ2) is 11.4. The van der Waals surface area contributed by atoms with Gasteiger partial charge >= 0.3 is 0 Å². The van der Waals surface area contributed by atoms with Gasteiger partial charge < -0.3 is 0 Å². The Kier molecular flexibility index (Phi) is 9.58. The molecule has 0 aliphatic heterocycles. The lowest BCUT2D eigenvalue weighted by atomic mass is 9.56. The van der Waals surface area contributed by atoms with Crippen LogP contribution in [0.4, 0.5) is 0 Å². The smallest absolute Gasteiger partial charge is 0.211 e. The molecule has 0 heterocycles. The zero-order chi connectivity index (χ0) is 21.0. The Morgan fingerprint density at radius 2 is 1.68 bits per heavy atom. The molecule has 0 bridgehead atoms. The van der Waals surface area contributed by atoms with Gasteiger partial charge in [0.15, 0.2) is 0 Å². The molecule has 0 aromatic heterocycles. The average molecular weight is 388 g/mol. The fraction of sp³-hybridized carbons (Fsp3) is 0.800. The second-order valence-electron chi connectivity index (χ2n) is 8.25. The minimum atomic E-state index is -0.829. The first-order chi connectivity index (χ1) is 13.4. The van der Waals surface area contributed by atoms with E-state index in [9.17, 15) is 19.2 Å². The van der Waals surface area contributed by atoms with E-state index < -0.39 is 11.6 Å². The summed E-state index contributed by atoms with van der Waals surface area (Å²) in [4.78, 5) is 58.5. The highest BCUT2D eigenvalue weighted by Gasteiger charge is 2.52. The number of hydrogen-bond acceptors (Lipinski definition) is 8. The minimum Gasteiger partial charge on any atom is -0.211 e. The number of aliphatic imine (C=N–C) groups is 4. The Bertz CT molecular complexity index is 712. The maximum atomic E-state index is 11.3. The normalized spacial score (nSPS) is 26.5. The quantitative estimate of drug-likeness (QED) is 0.307. The summed E-state index contributed by atoms with van der Waals surface area (Å²) < 4.78 is 0. The Balaban J connectivity index is 3.05. The topological polar surface area (TPSA) is 118 Å². The molecule has 1 rings (SSSR count). The van der Waals surface area contributed by atoms with E-state index in [1.165, 1.54) is 6.08 Å². The van der Waals surface area contributed by atoms with Crippen molar-refractivity contribution in [1.29, 1.82) is 0 Å². The lowest BCUT2D eigenvalue weighted by Gasteiger charge is -2.51. The van der Waals surface area contributed by atoms with Crippen LogP contribution in [0.25, 0.3) is 0 Å². The van der Waals surface area contributed by atoms with Gasteiger partial charge in [0, 0.05) is 0 Å². The van der Waals surface area contributed by atoms with E-state index in [1.54, 1.807) is 18.2 Å². The van der Waals surface area contributed by atoms with Gasteiger partial charge in [0.25, 0.3) is 0 Å². The number of carbonyl (C=O) groups excluding carboxylic acids is 4. The molecule has 1 saturated carbocycles. The van der Waals surface area contributed by atoms with Crippen LogP contribution in [0, 0.1) is 17.3 Å². The van der Waals surface area contributed by atoms with Crippen molar-refractivity contribution < 1.29 is 19.2 Å². The molecule has 8 heteroatoms. The van der Waals surface area contributed by atoms with Crippen molar-refractivity contribution in [3.8, 4) is 0 Å². The summed E-state index contributed by atoms with van der Waals surface area (Å²) in [5, 5.41) is 0. The van der Waals surface area contributed by atoms with Crippen LogP contribution in [-0.2, 0) is 19.2 Å². The highest BCUT2D eigenvalue weighted by atomic mass is 16.1. The molecule has 0 saturated heterocycles. The molecule has 0 aromatic rings. The van der Waals surface area contributed by atoms with E-state index in [-0.39, 0.29) is 17.3 Å². The lowest BCUT2D eigenvalue weighted by Crippen LogP contribution is -2.53. The third-order valence-electron chi connectivity index (χ3n) is 5.89. The van der Waals surface area contributed by atoms with Crippen LogP contribution < -0.4 is 0 Å². The van der Waals surface area contributed by atoms with E-state index in [0.29, 0.717) is 32.4 Å². The van der Waals surface area contributed by atoms with E-state index >= 15 is 0 Å². The zero-order valence-electron chi connectivity index (χ0n) is 16.8. The first-order valence-electron chi connectivity index (χ1n) is 9.60. The summed E-state index contributed by atoms with van der Waals surface area (Å²) in [6, 6.07) is -0.474. The van der Waals surface area contributed by atoms with Crippen molar-refractivity contribution in [3.05, 3.63) is 0 Å². The number of rotatable bonds is 11. The summed E-state index contributed by atoms with van der Waals surface area (Å²) in [7, 11) is 0. The molecule has 0 N–H and O–H groups in total. The standard InChI is InChI=1S/C20H28N4O4/c1-16-9-20(24-15-28,11-19(2,3)17(16)10-22-13-26)18(23-14-27)7-5-4-6-8-21-12-25/h16-18H,4-11H2,1-3H3. The summed E-state index contributed by atoms with van der Waals surface area (Å²) in [6.45, 7) is 6.95. The lowest BCUT2D eigenvalue weighted by molar-refractivity contribution is 0.0239. The third kappa shape index (κ3) is 6.30. The maximum absolute atomic E-state index is 11.3. The maximum Gasteiger partial charge on any atom is 0.235 e. The molecular weight excluding hydrogens is 360 g/mol. The SMILES string of the molecule is CC1CC(N=C=O)(C(CCCCCN=C=O)N=C=O)CC(C)(C)C1CN=C=O. The molecule has 8 nitrogen and oxygen atoms in total. The van der Waals surface area contributed by atoms with E-state index in [2.05, 4.69) is 33.8 Å². The Labute approximate surface area is 165 Å². The van der Waals surface area contributed by atoms with Crippen LogP contribution in [-0.4, -0.2) is 49.0 Å². The molecule has 0 radical (unpaired) electrons. The fourth-order valence-electron chi connectivity index (χ4n) is 4.80. The molecule has 0 spiro atoms. The molecule has 1 aliphatic rings. The molecule has 0 aromatic carbocycles. The van der Waals surface area contributed by atoms with Crippen molar-refractivity contribution in [2.75, 3.05) is 13.1 Å². The molecular formula is C20H28N4O4. The van der Waals surface area contributed by atoms with Crippen LogP contribution in [0.3, 0.4) is 0 Å². The van der Waals surface area contributed by atoms with E-state index in [4.69, 9.17) is 0 Å². The fourth-order valence-corrected chi connectivity index (χ4v) is 4.80. The van der Waals surface area contributed by atoms with Crippen LogP contribution in [0.15, 0.2) is 20.0 Å². The predicted octanol–water partition coefficient (Wildman–Crippen LogP) is 3.07. The molecule has 0 amide bonds. The molecule has 4 unspecified atom stereocenters. The van der Waals surface area contributed by atoms with Crippen LogP contribution in [0.2, 0.25) is 0 Å². The summed E-state index contributed by atoms with van der Waals surface area (Å²) in [5.41, 5.74) is -1.10. The van der Waals surface area contributed by atoms with Crippen LogP contribution in [0.1, 0.15) is 59.3 Å². The number of isocyanates is 4. The predicted molar refractivity (Wildman–Crippen MR) is 103 cm³/mol. The first kappa shape index (κ1) is 23.6. The van der Waals surface area contributed by atoms with Gasteiger partial charge in [0.05, 0.1) is 24.7 Å². The number of nitrogens with zero attached hydrogens (tertiary/aromatic N) is 4. The highest BCUT2D eigenvalue weighted by Crippen LogP contribution is 2.52. The summed E-state index contributed by atoms with van der Waals surface area (Å²) >= 11 is 0. The Morgan fingerprint density at radius 1 is 0.964 bits per heavy atom. The minimum absolute atomic E-state index is 0.115. The second-order valence-corrected chi connectivity index (χ2v) is 8.25. The molecule has 28 heavy (non-hydrogen) atoms. The number of unbranched alkanes of at least 4 members (excludes halogenated alkanes) is 2. The van der Waals surface area contributed by atoms with Crippen molar-refractivity contribution in [2.24, 2.45) is 37.2 Å². The van der Waals surface area contributed by atoms with Crippen molar-refractivity contribution >= 4 is 24.3 Å². The van der Waals surface area contributed by atoms with Gasteiger partial charge in [0.1, 0.15) is 0 Å². The van der Waals surface area contributed by atoms with E-state index in [1.807, 2.05) is 6.92 Å². The average Bonchev–Trinajstić information content (AvgIpc) is 2.62. The van der Waals surface area contributed by atoms with Gasteiger partial charge in [-0.2, -0.15) is 9.98 Å². The third-order valence-corrected chi connectivity index (χ3v) is 5.89. The number of hydrogen-bond donors (Lipinski definition) is 0. The van der Waals surface area contributed by atoms with Crippen molar-refractivity contribution in [1.82, 2.24) is 0 Å². The summed E-state index contributed by atoms with van der Waals surface area (Å²) in [6.07, 6.45) is 10.4. The first-order valence-corrected chi connectivity index (χ1v) is 9.60. The molecule has 1 aliphatic carbocycles. The van der Waals surface area contributed by atoms with E-state index in [0.717, 1.165) is 19.3 Å². The van der Waals surface area contributed by atoms with Gasteiger partial charge in [-0.25, -0.2) is 29.2 Å². The highest BCUT2D eigenvalue weighted by molar-refractivity contribution is 5.38. The van der Waals surface area contributed by atoms with Crippen LogP contribution in [0.5, 0.6) is 0 Å². The Morgan fingerprint density at radius 3 is 2.25 bits per heavy atom. The molecule has 152 valence electrons. The van der Waals surface area contributed by atoms with Gasteiger partial charge in [0.2, 0.25) is 24.3 Å². The molecule has 1 fully saturated rings. The van der Waals surface area contributed by atoms with Gasteiger partial charge in [-0.1, -0.05) is 33.6 Å². The zero-order valence-corrected chi connectivity index (χ0v) is 16.8. The largest absolute Gasteiger partial charge is 0.235 e. The van der Waals surface area contributed by atoms with Crippen LogP contribution >= 0.6 is 0 Å². The van der Waals surface area contributed by atoms with Gasteiger partial charge in [-0.05, 0) is 42.9 Å². The van der Waals surface area contributed by atoms with Crippen molar-refractivity contribution in [3.63, 3.8) is 0 Å². The monoisotopic (exact) mass is 388 g/mol. The van der Waals surface area contributed by atoms with Gasteiger partial charge in [-0.3, -0.25) is 0 Å². The Hall–Kier alpha value is -2.48. The van der Waals surface area contributed by atoms with Crippen molar-refractivity contribution in [2.45, 2.75) is 70.9 Å².